The van der Waals surface area contributed by atoms with Crippen LogP contribution in [-0.4, -0.2) is 68.9 Å². The van der Waals surface area contributed by atoms with Crippen molar-refractivity contribution in [2.24, 2.45) is 0 Å². The number of carbonyl (C=O) groups is 2. The Morgan fingerprint density at radius 1 is 1.09 bits per heavy atom. The average molecular weight is 574 g/mol. The van der Waals surface area contributed by atoms with Gasteiger partial charge in [-0.3, -0.25) is 9.59 Å². The Kier molecular flexibility index (Phi) is 6.58. The molecule has 1 amide bonds. The Labute approximate surface area is 207 Å². The second-order valence-corrected chi connectivity index (χ2v) is 10.5. The molecule has 0 N–H and O–H groups in total. The summed E-state index contributed by atoms with van der Waals surface area (Å²) in [4.78, 5) is 25.9. The monoisotopic (exact) mass is 573 g/mol. The first-order valence-electron chi connectivity index (χ1n) is 10.3. The molecule has 0 spiro atoms. The number of carbonyl (C=O) groups excluding carboxylic acids is 2. The molecule has 1 aliphatic rings. The molecule has 13 heteroatoms. The van der Waals surface area contributed by atoms with Crippen LogP contribution in [0.15, 0.2) is 52.0 Å². The average Bonchev–Trinajstić information content (AvgIpc) is 3.22. The van der Waals surface area contributed by atoms with Crippen LogP contribution in [0.5, 0.6) is 5.75 Å². The summed E-state index contributed by atoms with van der Waals surface area (Å²) < 4.78 is 71.8. The molecule has 186 valence electrons. The molecular weight excluding hydrogens is 555 g/mol. The van der Waals surface area contributed by atoms with Crippen molar-refractivity contribution in [2.75, 3.05) is 38.2 Å². The lowest BCUT2D eigenvalue weighted by atomic mass is 10.1. The van der Waals surface area contributed by atoms with Crippen LogP contribution in [0.2, 0.25) is 0 Å². The number of halogens is 4. The molecule has 0 unspecified atom stereocenters. The highest BCUT2D eigenvalue weighted by molar-refractivity contribution is 9.10. The molecule has 1 saturated heterocycles. The third-order valence-electron chi connectivity index (χ3n) is 5.74. The first-order valence-corrected chi connectivity index (χ1v) is 12.5. The van der Waals surface area contributed by atoms with Gasteiger partial charge in [-0.05, 0) is 36.4 Å². The summed E-state index contributed by atoms with van der Waals surface area (Å²) in [6.45, 7) is -0.203. The van der Waals surface area contributed by atoms with Gasteiger partial charge in [0.25, 0.3) is 10.0 Å². The quantitative estimate of drug-likeness (QED) is 0.433. The summed E-state index contributed by atoms with van der Waals surface area (Å²) in [7, 11) is -2.64. The summed E-state index contributed by atoms with van der Waals surface area (Å²) in [6.07, 6.45) is -3.21. The van der Waals surface area contributed by atoms with Crippen LogP contribution in [0.25, 0.3) is 10.9 Å². The van der Waals surface area contributed by atoms with Crippen molar-refractivity contribution in [2.45, 2.75) is 11.1 Å². The van der Waals surface area contributed by atoms with E-state index >= 15 is 0 Å². The van der Waals surface area contributed by atoms with E-state index in [-0.39, 0.29) is 42.2 Å². The normalized spacial score (nSPS) is 14.9. The van der Waals surface area contributed by atoms with Crippen molar-refractivity contribution in [1.82, 2.24) is 8.87 Å². The van der Waals surface area contributed by atoms with Crippen molar-refractivity contribution >= 4 is 54.7 Å². The molecule has 2 aromatic carbocycles. The molecule has 0 saturated carbocycles. The lowest BCUT2D eigenvalue weighted by molar-refractivity contribution is -0.185. The fourth-order valence-corrected chi connectivity index (χ4v) is 5.83. The molecule has 1 fully saturated rings. The molecule has 2 heterocycles. The zero-order chi connectivity index (χ0) is 25.5. The molecular formula is C22H19BrF3N3O5S. The van der Waals surface area contributed by atoms with E-state index in [9.17, 15) is 31.2 Å². The highest BCUT2D eigenvalue weighted by atomic mass is 79.9. The number of hydrogen-bond donors (Lipinski definition) is 0. The van der Waals surface area contributed by atoms with E-state index in [4.69, 9.17) is 4.74 Å². The fourth-order valence-electron chi connectivity index (χ4n) is 4.04. The van der Waals surface area contributed by atoms with Gasteiger partial charge >= 0.3 is 12.1 Å². The summed E-state index contributed by atoms with van der Waals surface area (Å²) in [5, 5.41) is 0.343. The molecule has 1 aliphatic heterocycles. The Bertz CT molecular complexity index is 1400. The Hall–Kier alpha value is -3.06. The van der Waals surface area contributed by atoms with E-state index in [0.717, 1.165) is 8.87 Å². The van der Waals surface area contributed by atoms with Gasteiger partial charge in [0.05, 0.1) is 17.5 Å². The van der Waals surface area contributed by atoms with Gasteiger partial charge < -0.3 is 14.5 Å². The van der Waals surface area contributed by atoms with Crippen molar-refractivity contribution in [3.63, 3.8) is 0 Å². The second kappa shape index (κ2) is 9.19. The van der Waals surface area contributed by atoms with Gasteiger partial charge in [0.2, 0.25) is 0 Å². The molecule has 1 aromatic heterocycles. The maximum absolute atomic E-state index is 13.4. The van der Waals surface area contributed by atoms with Gasteiger partial charge in [-0.2, -0.15) is 13.2 Å². The van der Waals surface area contributed by atoms with Gasteiger partial charge in [0.15, 0.2) is 6.29 Å². The van der Waals surface area contributed by atoms with E-state index in [1.165, 1.54) is 37.6 Å². The zero-order valence-electron chi connectivity index (χ0n) is 18.3. The Balaban J connectivity index is 1.76. The summed E-state index contributed by atoms with van der Waals surface area (Å²) in [6, 6.07) is 8.99. The van der Waals surface area contributed by atoms with E-state index in [2.05, 4.69) is 15.9 Å². The largest absolute Gasteiger partial charge is 0.497 e. The Morgan fingerprint density at radius 3 is 2.26 bits per heavy atom. The lowest BCUT2D eigenvalue weighted by Crippen LogP contribution is -2.52. The number of aldehydes is 1. The minimum absolute atomic E-state index is 0.0200. The van der Waals surface area contributed by atoms with Crippen molar-refractivity contribution in [1.29, 1.82) is 0 Å². The van der Waals surface area contributed by atoms with Gasteiger partial charge in [0.1, 0.15) is 5.75 Å². The maximum Gasteiger partial charge on any atom is 0.471 e. The topological polar surface area (TPSA) is 88.9 Å². The molecule has 35 heavy (non-hydrogen) atoms. The first kappa shape index (κ1) is 25.0. The number of amides is 1. The number of alkyl halides is 3. The number of aromatic nitrogens is 1. The number of piperazine rings is 1. The number of rotatable bonds is 5. The Morgan fingerprint density at radius 2 is 1.71 bits per heavy atom. The number of fused-ring (bicyclic) bond motifs is 1. The smallest absolute Gasteiger partial charge is 0.471 e. The van der Waals surface area contributed by atoms with Gasteiger partial charge in [-0.25, -0.2) is 12.4 Å². The molecule has 0 aliphatic carbocycles. The molecule has 0 radical (unpaired) electrons. The van der Waals surface area contributed by atoms with Crippen LogP contribution in [0.3, 0.4) is 0 Å². The predicted octanol–water partition coefficient (Wildman–Crippen LogP) is 3.67. The van der Waals surface area contributed by atoms with Gasteiger partial charge in [-0.15, -0.1) is 0 Å². The fraction of sp³-hybridized carbons (Fsp3) is 0.273. The number of methoxy groups -OCH3 is 1. The van der Waals surface area contributed by atoms with E-state index in [0.29, 0.717) is 27.6 Å². The second-order valence-electron chi connectivity index (χ2n) is 7.77. The number of benzene rings is 2. The van der Waals surface area contributed by atoms with Gasteiger partial charge in [-0.1, -0.05) is 15.9 Å². The molecule has 4 rings (SSSR count). The van der Waals surface area contributed by atoms with Crippen LogP contribution in [-0.2, 0) is 14.8 Å². The van der Waals surface area contributed by atoms with Crippen LogP contribution >= 0.6 is 15.9 Å². The van der Waals surface area contributed by atoms with E-state index < -0.39 is 22.1 Å². The molecule has 8 nitrogen and oxygen atoms in total. The van der Waals surface area contributed by atoms with Crippen LogP contribution in [0, 0.1) is 0 Å². The minimum atomic E-state index is -4.96. The summed E-state index contributed by atoms with van der Waals surface area (Å²) in [5.74, 6) is -1.43. The minimum Gasteiger partial charge on any atom is -0.497 e. The lowest BCUT2D eigenvalue weighted by Gasteiger charge is -2.36. The SMILES string of the molecule is COc1ccc(S(=O)(=O)n2cc(C=O)c3c(N4CCN(C(=O)C(F)(F)F)CC4)cc(Br)cc32)cc1. The number of nitrogens with zero attached hydrogens (tertiary/aromatic N) is 3. The zero-order valence-corrected chi connectivity index (χ0v) is 20.7. The van der Waals surface area contributed by atoms with Crippen LogP contribution in [0.1, 0.15) is 10.4 Å². The highest BCUT2D eigenvalue weighted by Gasteiger charge is 2.43. The molecule has 0 bridgehead atoms. The van der Waals surface area contributed by atoms with E-state index in [1.807, 2.05) is 0 Å². The number of hydrogen-bond acceptors (Lipinski definition) is 6. The third-order valence-corrected chi connectivity index (χ3v) is 7.88. The van der Waals surface area contributed by atoms with Gasteiger partial charge in [0, 0.05) is 53.5 Å². The first-order chi connectivity index (χ1) is 16.5. The van der Waals surface area contributed by atoms with E-state index in [1.54, 1.807) is 17.0 Å². The van der Waals surface area contributed by atoms with Crippen molar-refractivity contribution in [3.05, 3.63) is 52.6 Å². The summed E-state index contributed by atoms with van der Waals surface area (Å²) >= 11 is 3.37. The third kappa shape index (κ3) is 4.61. The van der Waals surface area contributed by atoms with Crippen LogP contribution < -0.4 is 9.64 Å². The van der Waals surface area contributed by atoms with Crippen LogP contribution in [0.4, 0.5) is 18.9 Å². The number of ether oxygens (including phenoxy) is 1. The highest BCUT2D eigenvalue weighted by Crippen LogP contribution is 2.37. The number of anilines is 1. The molecule has 0 atom stereocenters. The standard InChI is InChI=1S/C22H19BrF3N3O5S/c1-34-16-2-4-17(5-3-16)35(32,33)29-12-14(13-30)20-18(10-15(23)11-19(20)29)27-6-8-28(9-7-27)21(31)22(24,25)26/h2-5,10-13H,6-9H2,1H3. The molecule has 3 aromatic rings. The maximum atomic E-state index is 13.4. The summed E-state index contributed by atoms with van der Waals surface area (Å²) in [5.41, 5.74) is 0.800. The predicted molar refractivity (Wildman–Crippen MR) is 125 cm³/mol. The van der Waals surface area contributed by atoms with Crippen molar-refractivity contribution in [3.8, 4) is 5.75 Å². The van der Waals surface area contributed by atoms with Crippen molar-refractivity contribution < 1.29 is 35.9 Å².